The van der Waals surface area contributed by atoms with Gasteiger partial charge in [0.1, 0.15) is 11.5 Å². The van der Waals surface area contributed by atoms with E-state index < -0.39 is 16.8 Å². The van der Waals surface area contributed by atoms with Crippen LogP contribution in [0.1, 0.15) is 28.6 Å². The van der Waals surface area contributed by atoms with Gasteiger partial charge in [-0.1, -0.05) is 17.7 Å². The molecule has 0 fully saturated rings. The molecule has 1 N–H and O–H groups in total. The number of carbonyl (C=O) groups is 2. The topological polar surface area (TPSA) is 126 Å². The summed E-state index contributed by atoms with van der Waals surface area (Å²) in [7, 11) is 0. The molecular formula is C23H16ClN3O6. The predicted octanol–water partition coefficient (Wildman–Crippen LogP) is 5.32. The molecule has 0 atom stereocenters. The number of non-ortho nitro benzene ring substituents is 1. The second kappa shape index (κ2) is 8.36. The van der Waals surface area contributed by atoms with Gasteiger partial charge in [-0.15, -0.1) is 0 Å². The third-order valence-electron chi connectivity index (χ3n) is 5.10. The molecule has 33 heavy (non-hydrogen) atoms. The van der Waals surface area contributed by atoms with E-state index in [-0.39, 0.29) is 27.5 Å². The first-order valence-corrected chi connectivity index (χ1v) is 10.0. The average Bonchev–Trinajstić information content (AvgIpc) is 3.34. The summed E-state index contributed by atoms with van der Waals surface area (Å²) in [4.78, 5) is 35.0. The first-order valence-electron chi connectivity index (χ1n) is 9.65. The van der Waals surface area contributed by atoms with Gasteiger partial charge in [0, 0.05) is 17.7 Å². The second-order valence-corrected chi connectivity index (χ2v) is 7.70. The van der Waals surface area contributed by atoms with E-state index in [1.807, 2.05) is 6.92 Å². The lowest BCUT2D eigenvalue weighted by molar-refractivity contribution is -0.384. The zero-order chi connectivity index (χ0) is 23.9. The summed E-state index contributed by atoms with van der Waals surface area (Å²) in [6.07, 6.45) is 1.52. The molecule has 2 heterocycles. The van der Waals surface area contributed by atoms with Crippen molar-refractivity contribution < 1.29 is 24.0 Å². The standard InChI is InChI=1S/C23H16ClN3O6/c1-12-3-4-15(27(31)32)10-17(12)21-8-6-16(33-21)11-18-13(2)25-26(22(18)28)14-5-7-20(24)19(9-14)23(29)30/h3-11H,1-2H3,(H,29,30)/b18-11-. The van der Waals surface area contributed by atoms with Crippen LogP contribution in [0.4, 0.5) is 11.4 Å². The summed E-state index contributed by atoms with van der Waals surface area (Å²) in [6.45, 7) is 3.46. The van der Waals surface area contributed by atoms with E-state index >= 15 is 0 Å². The zero-order valence-corrected chi connectivity index (χ0v) is 18.2. The van der Waals surface area contributed by atoms with Crippen LogP contribution in [0.5, 0.6) is 0 Å². The first kappa shape index (κ1) is 22.0. The van der Waals surface area contributed by atoms with Crippen LogP contribution in [0.25, 0.3) is 17.4 Å². The van der Waals surface area contributed by atoms with Crippen LogP contribution in [-0.2, 0) is 4.79 Å². The molecule has 1 amide bonds. The molecule has 3 aromatic rings. The fourth-order valence-electron chi connectivity index (χ4n) is 3.37. The van der Waals surface area contributed by atoms with Crippen molar-refractivity contribution >= 4 is 46.6 Å². The molecule has 166 valence electrons. The van der Waals surface area contributed by atoms with Gasteiger partial charge < -0.3 is 9.52 Å². The van der Waals surface area contributed by atoms with Crippen LogP contribution in [0, 0.1) is 17.0 Å². The third-order valence-corrected chi connectivity index (χ3v) is 5.43. The van der Waals surface area contributed by atoms with Gasteiger partial charge in [0.15, 0.2) is 0 Å². The van der Waals surface area contributed by atoms with Crippen LogP contribution >= 0.6 is 11.6 Å². The minimum atomic E-state index is -1.22. The van der Waals surface area contributed by atoms with Crippen molar-refractivity contribution in [2.45, 2.75) is 13.8 Å². The van der Waals surface area contributed by atoms with Crippen molar-refractivity contribution in [2.75, 3.05) is 5.01 Å². The Labute approximate surface area is 192 Å². The molecule has 4 rings (SSSR count). The van der Waals surface area contributed by atoms with Crippen LogP contribution < -0.4 is 5.01 Å². The van der Waals surface area contributed by atoms with Crippen LogP contribution in [0.3, 0.4) is 0 Å². The van der Waals surface area contributed by atoms with E-state index in [0.29, 0.717) is 22.8 Å². The maximum Gasteiger partial charge on any atom is 0.337 e. The number of halogens is 1. The summed E-state index contributed by atoms with van der Waals surface area (Å²) in [5.74, 6) is -0.901. The van der Waals surface area contributed by atoms with E-state index in [2.05, 4.69) is 5.10 Å². The lowest BCUT2D eigenvalue weighted by Gasteiger charge is -2.12. The number of hydrogen-bond donors (Lipinski definition) is 1. The molecule has 0 saturated heterocycles. The van der Waals surface area contributed by atoms with Gasteiger partial charge in [-0.2, -0.15) is 10.1 Å². The molecule has 1 aromatic heterocycles. The molecule has 1 aliphatic heterocycles. The highest BCUT2D eigenvalue weighted by molar-refractivity contribution is 6.34. The number of anilines is 1. The Balaban J connectivity index is 1.65. The highest BCUT2D eigenvalue weighted by Gasteiger charge is 2.30. The molecule has 9 nitrogen and oxygen atoms in total. The Morgan fingerprint density at radius 3 is 2.64 bits per heavy atom. The number of benzene rings is 2. The smallest absolute Gasteiger partial charge is 0.337 e. The number of rotatable bonds is 5. The minimum absolute atomic E-state index is 0.0499. The van der Waals surface area contributed by atoms with Crippen molar-refractivity contribution in [3.05, 3.63) is 86.1 Å². The summed E-state index contributed by atoms with van der Waals surface area (Å²) < 4.78 is 5.83. The number of carbonyl (C=O) groups excluding carboxylic acids is 1. The molecule has 0 radical (unpaired) electrons. The van der Waals surface area contributed by atoms with E-state index in [9.17, 15) is 24.8 Å². The lowest BCUT2D eigenvalue weighted by Crippen LogP contribution is -2.21. The van der Waals surface area contributed by atoms with Gasteiger partial charge in [-0.25, -0.2) is 4.79 Å². The predicted molar refractivity (Wildman–Crippen MR) is 123 cm³/mol. The van der Waals surface area contributed by atoms with Crippen LogP contribution in [0.2, 0.25) is 5.02 Å². The Bertz CT molecular complexity index is 1390. The number of furan rings is 1. The molecule has 0 bridgehead atoms. The van der Waals surface area contributed by atoms with Gasteiger partial charge in [-0.3, -0.25) is 14.9 Å². The van der Waals surface area contributed by atoms with Gasteiger partial charge in [-0.05, 0) is 55.8 Å². The van der Waals surface area contributed by atoms with Crippen LogP contribution in [0.15, 0.2) is 63.6 Å². The highest BCUT2D eigenvalue weighted by atomic mass is 35.5. The number of hydrogen-bond acceptors (Lipinski definition) is 6. The molecule has 1 aliphatic rings. The van der Waals surface area contributed by atoms with Crippen molar-refractivity contribution in [1.29, 1.82) is 0 Å². The van der Waals surface area contributed by atoms with Crippen molar-refractivity contribution in [3.63, 3.8) is 0 Å². The number of aryl methyl sites for hydroxylation is 1. The molecule has 2 aromatic carbocycles. The summed E-state index contributed by atoms with van der Waals surface area (Å²) in [5.41, 5.74) is 2.11. The van der Waals surface area contributed by atoms with Crippen molar-refractivity contribution in [3.8, 4) is 11.3 Å². The monoisotopic (exact) mass is 465 g/mol. The maximum absolute atomic E-state index is 13.0. The first-order chi connectivity index (χ1) is 15.7. The molecular weight excluding hydrogens is 450 g/mol. The van der Waals surface area contributed by atoms with E-state index in [1.165, 1.54) is 36.4 Å². The van der Waals surface area contributed by atoms with Gasteiger partial charge in [0.05, 0.1) is 32.5 Å². The molecule has 0 spiro atoms. The van der Waals surface area contributed by atoms with Crippen LogP contribution in [-0.4, -0.2) is 27.6 Å². The van der Waals surface area contributed by atoms with E-state index in [4.69, 9.17) is 16.0 Å². The fraction of sp³-hybridized carbons (Fsp3) is 0.0870. The fourth-order valence-corrected chi connectivity index (χ4v) is 3.57. The molecule has 0 unspecified atom stereocenters. The summed E-state index contributed by atoms with van der Waals surface area (Å²) >= 11 is 5.91. The second-order valence-electron chi connectivity index (χ2n) is 7.29. The third kappa shape index (κ3) is 4.13. The normalized spacial score (nSPS) is 14.6. The van der Waals surface area contributed by atoms with Gasteiger partial charge >= 0.3 is 5.97 Å². The summed E-state index contributed by atoms with van der Waals surface area (Å²) in [6, 6.07) is 12.0. The van der Waals surface area contributed by atoms with Crippen molar-refractivity contribution in [2.24, 2.45) is 5.10 Å². The number of nitrogens with zero attached hydrogens (tertiary/aromatic N) is 3. The highest BCUT2D eigenvalue weighted by Crippen LogP contribution is 2.32. The van der Waals surface area contributed by atoms with E-state index in [1.54, 1.807) is 25.1 Å². The molecule has 0 saturated carbocycles. The van der Waals surface area contributed by atoms with E-state index in [0.717, 1.165) is 10.6 Å². The van der Waals surface area contributed by atoms with Gasteiger partial charge in [0.25, 0.3) is 11.6 Å². The number of nitro benzene ring substituents is 1. The Kier molecular flexibility index (Phi) is 5.57. The lowest BCUT2D eigenvalue weighted by atomic mass is 10.1. The van der Waals surface area contributed by atoms with Crippen molar-refractivity contribution in [1.82, 2.24) is 0 Å². The Morgan fingerprint density at radius 1 is 1.18 bits per heavy atom. The SMILES string of the molecule is CC1=NN(c2ccc(Cl)c(C(=O)O)c2)C(=O)/C1=C\c1ccc(-c2cc([N+](=O)[O-])ccc2C)o1. The number of amides is 1. The summed E-state index contributed by atoms with van der Waals surface area (Å²) in [5, 5.41) is 25.8. The number of carboxylic acid groups (broad SMARTS) is 1. The number of aromatic carboxylic acids is 1. The number of carboxylic acids is 1. The number of hydrazone groups is 1. The zero-order valence-electron chi connectivity index (χ0n) is 17.4. The van der Waals surface area contributed by atoms with Gasteiger partial charge in [0.2, 0.25) is 0 Å². The largest absolute Gasteiger partial charge is 0.478 e. The molecule has 0 aliphatic carbocycles. The average molecular weight is 466 g/mol. The Morgan fingerprint density at radius 2 is 1.94 bits per heavy atom. The minimum Gasteiger partial charge on any atom is -0.478 e. The maximum atomic E-state index is 13.0. The number of nitro groups is 1. The molecule has 10 heteroatoms. The quantitative estimate of drug-likeness (QED) is 0.308. The Hall–Kier alpha value is -4.24.